The average molecular weight is 437 g/mol. The minimum Gasteiger partial charge on any atom is -0.496 e. The van der Waals surface area contributed by atoms with Crippen molar-refractivity contribution in [3.05, 3.63) is 59.6 Å². The third-order valence-electron chi connectivity index (χ3n) is 4.85. The highest BCUT2D eigenvalue weighted by atomic mass is 35.5. The Hall–Kier alpha value is -3.65. The van der Waals surface area contributed by atoms with Crippen LogP contribution < -0.4 is 15.4 Å². The number of rotatable bonds is 6. The van der Waals surface area contributed by atoms with E-state index >= 15 is 0 Å². The van der Waals surface area contributed by atoms with Crippen LogP contribution in [0.4, 0.5) is 11.5 Å². The van der Waals surface area contributed by atoms with Gasteiger partial charge in [-0.05, 0) is 36.8 Å². The van der Waals surface area contributed by atoms with Gasteiger partial charge in [0.2, 0.25) is 5.91 Å². The second-order valence-corrected chi connectivity index (χ2v) is 7.46. The summed E-state index contributed by atoms with van der Waals surface area (Å²) in [6, 6.07) is 11.1. The Balaban J connectivity index is 1.71. The molecule has 31 heavy (non-hydrogen) atoms. The zero-order chi connectivity index (χ0) is 22.0. The van der Waals surface area contributed by atoms with Gasteiger partial charge in [0, 0.05) is 28.8 Å². The summed E-state index contributed by atoms with van der Waals surface area (Å²) in [5, 5.41) is 6.74. The molecule has 1 atom stereocenters. The van der Waals surface area contributed by atoms with Crippen molar-refractivity contribution in [1.82, 2.24) is 19.9 Å². The van der Waals surface area contributed by atoms with E-state index in [4.69, 9.17) is 16.3 Å². The van der Waals surface area contributed by atoms with Gasteiger partial charge in [-0.15, -0.1) is 0 Å². The third-order valence-corrected chi connectivity index (χ3v) is 5.06. The van der Waals surface area contributed by atoms with Gasteiger partial charge in [0.25, 0.3) is 0 Å². The van der Waals surface area contributed by atoms with E-state index in [9.17, 15) is 4.79 Å². The zero-order valence-corrected chi connectivity index (χ0v) is 18.0. The van der Waals surface area contributed by atoms with E-state index < -0.39 is 0 Å². The molecule has 2 heterocycles. The number of methoxy groups -OCH3 is 1. The van der Waals surface area contributed by atoms with Crippen molar-refractivity contribution in [2.45, 2.75) is 19.9 Å². The number of aromatic amines is 1. The highest BCUT2D eigenvalue weighted by molar-refractivity contribution is 6.31. The number of halogens is 1. The Morgan fingerprint density at radius 3 is 2.65 bits per heavy atom. The first-order valence-electron chi connectivity index (χ1n) is 9.62. The number of aromatic nitrogens is 4. The fraction of sp³-hybridized carbons (Fsp3) is 0.182. The summed E-state index contributed by atoms with van der Waals surface area (Å²) in [5.74, 6) is 1.22. The molecule has 2 aromatic carbocycles. The molecule has 0 aliphatic heterocycles. The summed E-state index contributed by atoms with van der Waals surface area (Å²) in [6.07, 6.45) is 3.05. The fourth-order valence-electron chi connectivity index (χ4n) is 3.47. The number of hydrogen-bond acceptors (Lipinski definition) is 6. The summed E-state index contributed by atoms with van der Waals surface area (Å²) in [5.41, 5.74) is 4.68. The highest BCUT2D eigenvalue weighted by Crippen LogP contribution is 2.40. The lowest BCUT2D eigenvalue weighted by Crippen LogP contribution is -2.11. The second-order valence-electron chi connectivity index (χ2n) is 7.02. The average Bonchev–Trinajstić information content (AvgIpc) is 3.23. The van der Waals surface area contributed by atoms with Crippen molar-refractivity contribution in [3.8, 4) is 16.9 Å². The van der Waals surface area contributed by atoms with Crippen LogP contribution in [-0.4, -0.2) is 33.0 Å². The van der Waals surface area contributed by atoms with Crippen LogP contribution in [0, 0.1) is 0 Å². The molecule has 0 aliphatic rings. The lowest BCUT2D eigenvalue weighted by atomic mass is 9.97. The molecule has 4 rings (SSSR count). The number of carbonyl (C=O) groups is 1. The van der Waals surface area contributed by atoms with Gasteiger partial charge in [-0.1, -0.05) is 23.7 Å². The summed E-state index contributed by atoms with van der Waals surface area (Å²) in [7, 11) is 1.63. The Morgan fingerprint density at radius 1 is 1.16 bits per heavy atom. The summed E-state index contributed by atoms with van der Waals surface area (Å²) in [4.78, 5) is 27.0. The molecular weight excluding hydrogens is 416 g/mol. The van der Waals surface area contributed by atoms with Crippen LogP contribution in [0.1, 0.15) is 25.5 Å². The van der Waals surface area contributed by atoms with Gasteiger partial charge in [0.1, 0.15) is 17.6 Å². The number of fused-ring (bicyclic) bond motifs is 1. The first-order chi connectivity index (χ1) is 15.0. The molecule has 1 unspecified atom stereocenters. The number of hydrogen-bond donors (Lipinski definition) is 3. The maximum Gasteiger partial charge on any atom is 0.221 e. The molecule has 3 N–H and O–H groups in total. The highest BCUT2D eigenvalue weighted by Gasteiger charge is 2.19. The number of benzene rings is 2. The van der Waals surface area contributed by atoms with Crippen LogP contribution >= 0.6 is 11.6 Å². The third kappa shape index (κ3) is 4.29. The van der Waals surface area contributed by atoms with Crippen LogP contribution in [0.5, 0.6) is 5.75 Å². The second kappa shape index (κ2) is 8.61. The standard InChI is InChI=1S/C22H21ClN6O2/c1-12(28-22-19-21(25-10-24-19)26-11-27-22)17-8-15(23)9-18(20(17)31-3)14-4-6-16(7-5-14)29-13(2)30/h4-12H,1-3H3,(H,29,30)(H2,24,25,26,27,28). The van der Waals surface area contributed by atoms with Crippen LogP contribution in [0.15, 0.2) is 49.1 Å². The molecule has 1 amide bonds. The van der Waals surface area contributed by atoms with Gasteiger partial charge in [-0.25, -0.2) is 15.0 Å². The first-order valence-corrected chi connectivity index (χ1v) is 10.00. The van der Waals surface area contributed by atoms with E-state index in [1.54, 1.807) is 13.4 Å². The molecular formula is C22H21ClN6O2. The van der Waals surface area contributed by atoms with E-state index in [1.807, 2.05) is 43.3 Å². The Kier molecular flexibility index (Phi) is 5.73. The molecule has 0 radical (unpaired) electrons. The SMILES string of the molecule is COc1c(-c2ccc(NC(C)=O)cc2)cc(Cl)cc1C(C)Nc1ncnc2nc[nH]c12. The fourth-order valence-corrected chi connectivity index (χ4v) is 3.70. The number of nitrogens with zero attached hydrogens (tertiary/aromatic N) is 3. The van der Waals surface area contributed by atoms with Crippen LogP contribution in [-0.2, 0) is 4.79 Å². The van der Waals surface area contributed by atoms with Gasteiger partial charge in [0.05, 0.1) is 19.5 Å². The summed E-state index contributed by atoms with van der Waals surface area (Å²) < 4.78 is 5.79. The van der Waals surface area contributed by atoms with Crippen molar-refractivity contribution in [2.75, 3.05) is 17.7 Å². The van der Waals surface area contributed by atoms with Crippen LogP contribution in [0.25, 0.3) is 22.3 Å². The predicted octanol–water partition coefficient (Wildman–Crippen LogP) is 4.81. The van der Waals surface area contributed by atoms with Crippen molar-refractivity contribution < 1.29 is 9.53 Å². The maximum absolute atomic E-state index is 11.3. The molecule has 158 valence electrons. The van der Waals surface area contributed by atoms with Gasteiger partial charge in [0.15, 0.2) is 11.5 Å². The molecule has 0 fully saturated rings. The largest absolute Gasteiger partial charge is 0.496 e. The number of nitrogens with one attached hydrogen (secondary N) is 3. The Labute approximate surface area is 184 Å². The minimum absolute atomic E-state index is 0.119. The Bertz CT molecular complexity index is 1240. The van der Waals surface area contributed by atoms with Crippen molar-refractivity contribution in [3.63, 3.8) is 0 Å². The predicted molar refractivity (Wildman–Crippen MR) is 121 cm³/mol. The summed E-state index contributed by atoms with van der Waals surface area (Å²) >= 11 is 6.47. The number of imidazole rings is 1. The van der Waals surface area contributed by atoms with E-state index in [1.165, 1.54) is 13.3 Å². The number of carbonyl (C=O) groups excluding carboxylic acids is 1. The summed E-state index contributed by atoms with van der Waals surface area (Å²) in [6.45, 7) is 3.48. The molecule has 0 bridgehead atoms. The molecule has 8 nitrogen and oxygen atoms in total. The maximum atomic E-state index is 11.3. The number of ether oxygens (including phenoxy) is 1. The number of amides is 1. The molecule has 2 aromatic heterocycles. The topological polar surface area (TPSA) is 105 Å². The molecule has 0 aliphatic carbocycles. The van der Waals surface area contributed by atoms with E-state index in [0.717, 1.165) is 27.9 Å². The van der Waals surface area contributed by atoms with Crippen molar-refractivity contribution in [1.29, 1.82) is 0 Å². The minimum atomic E-state index is -0.174. The number of H-pyrrole nitrogens is 1. The van der Waals surface area contributed by atoms with Crippen molar-refractivity contribution >= 4 is 40.2 Å². The molecule has 4 aromatic rings. The smallest absolute Gasteiger partial charge is 0.221 e. The van der Waals surface area contributed by atoms with Gasteiger partial charge < -0.3 is 20.4 Å². The van der Waals surface area contributed by atoms with E-state index in [-0.39, 0.29) is 11.9 Å². The normalized spacial score (nSPS) is 11.9. The quantitative estimate of drug-likeness (QED) is 0.400. The molecule has 0 saturated heterocycles. The van der Waals surface area contributed by atoms with Gasteiger partial charge in [-0.3, -0.25) is 4.79 Å². The monoisotopic (exact) mass is 436 g/mol. The Morgan fingerprint density at radius 2 is 1.94 bits per heavy atom. The lowest BCUT2D eigenvalue weighted by Gasteiger charge is -2.21. The first kappa shape index (κ1) is 20.6. The van der Waals surface area contributed by atoms with Gasteiger partial charge >= 0.3 is 0 Å². The molecule has 0 spiro atoms. The van der Waals surface area contributed by atoms with Gasteiger partial charge in [-0.2, -0.15) is 0 Å². The zero-order valence-electron chi connectivity index (χ0n) is 17.2. The number of anilines is 2. The van der Waals surface area contributed by atoms with E-state index in [0.29, 0.717) is 22.2 Å². The van der Waals surface area contributed by atoms with Crippen LogP contribution in [0.2, 0.25) is 5.02 Å². The van der Waals surface area contributed by atoms with E-state index in [2.05, 4.69) is 30.6 Å². The molecule has 0 saturated carbocycles. The lowest BCUT2D eigenvalue weighted by molar-refractivity contribution is -0.114. The van der Waals surface area contributed by atoms with Crippen molar-refractivity contribution in [2.24, 2.45) is 0 Å². The van der Waals surface area contributed by atoms with Crippen LogP contribution in [0.3, 0.4) is 0 Å². The molecule has 9 heteroatoms.